The van der Waals surface area contributed by atoms with Crippen molar-refractivity contribution in [3.05, 3.63) is 72.9 Å². The maximum atomic E-state index is 10.4. The van der Waals surface area contributed by atoms with E-state index in [4.69, 9.17) is 10.2 Å². The third-order valence-corrected chi connectivity index (χ3v) is 6.60. The molecule has 0 aromatic carbocycles. The molecule has 0 bridgehead atoms. The van der Waals surface area contributed by atoms with E-state index < -0.39 is 11.9 Å². The number of hydrogen-bond donors (Lipinski definition) is 2. The Kier molecular flexibility index (Phi) is 30.5. The molecule has 0 heterocycles. The van der Waals surface area contributed by atoms with Crippen LogP contribution in [0.3, 0.4) is 0 Å². The molecule has 226 valence electrons. The minimum absolute atomic E-state index is 0.307. The molecular formula is C36H58O4. The smallest absolute Gasteiger partial charge is 0.303 e. The van der Waals surface area contributed by atoms with Crippen LogP contribution in [-0.4, -0.2) is 22.2 Å². The van der Waals surface area contributed by atoms with Crippen molar-refractivity contribution in [2.24, 2.45) is 0 Å². The van der Waals surface area contributed by atoms with Crippen molar-refractivity contribution < 1.29 is 19.8 Å². The summed E-state index contributed by atoms with van der Waals surface area (Å²) >= 11 is 0. The molecule has 0 unspecified atom stereocenters. The van der Waals surface area contributed by atoms with Gasteiger partial charge in [0.2, 0.25) is 0 Å². The van der Waals surface area contributed by atoms with Crippen molar-refractivity contribution in [1.29, 1.82) is 0 Å². The lowest BCUT2D eigenvalue weighted by Gasteiger charge is -1.98. The second-order valence-electron chi connectivity index (χ2n) is 10.5. The van der Waals surface area contributed by atoms with Gasteiger partial charge in [0.1, 0.15) is 0 Å². The SMILES string of the molecule is O=C(O)CCCCCCCC=CCC=CCC=CCCCCC=CCC=CCC=CCCCCCCCC(=O)O. The first-order valence-electron chi connectivity index (χ1n) is 16.0. The van der Waals surface area contributed by atoms with Crippen LogP contribution < -0.4 is 0 Å². The second-order valence-corrected chi connectivity index (χ2v) is 10.5. The summed E-state index contributed by atoms with van der Waals surface area (Å²) in [5.74, 6) is -1.36. The van der Waals surface area contributed by atoms with E-state index in [0.717, 1.165) is 89.9 Å². The Morgan fingerprint density at radius 1 is 0.325 bits per heavy atom. The fraction of sp³-hybridized carbons (Fsp3) is 0.611. The zero-order chi connectivity index (χ0) is 29.2. The van der Waals surface area contributed by atoms with E-state index in [1.807, 2.05) is 0 Å². The van der Waals surface area contributed by atoms with Crippen LogP contribution in [-0.2, 0) is 9.59 Å². The number of carboxylic acid groups (broad SMARTS) is 2. The van der Waals surface area contributed by atoms with Gasteiger partial charge in [0, 0.05) is 12.8 Å². The van der Waals surface area contributed by atoms with Gasteiger partial charge in [-0.2, -0.15) is 0 Å². The van der Waals surface area contributed by atoms with Gasteiger partial charge in [-0.1, -0.05) is 111 Å². The minimum atomic E-state index is -0.681. The maximum absolute atomic E-state index is 10.4. The minimum Gasteiger partial charge on any atom is -0.481 e. The van der Waals surface area contributed by atoms with E-state index in [-0.39, 0.29) is 0 Å². The fourth-order valence-corrected chi connectivity index (χ4v) is 4.22. The van der Waals surface area contributed by atoms with Crippen LogP contribution in [0.25, 0.3) is 0 Å². The van der Waals surface area contributed by atoms with Crippen LogP contribution in [0.5, 0.6) is 0 Å². The molecule has 40 heavy (non-hydrogen) atoms. The Labute approximate surface area is 245 Å². The largest absolute Gasteiger partial charge is 0.481 e. The van der Waals surface area contributed by atoms with Crippen molar-refractivity contribution in [2.45, 2.75) is 141 Å². The Balaban J connectivity index is 3.40. The molecule has 0 saturated carbocycles. The molecular weight excluding hydrogens is 496 g/mol. The summed E-state index contributed by atoms with van der Waals surface area (Å²) in [6.07, 6.45) is 49.6. The molecule has 0 aliphatic rings. The van der Waals surface area contributed by atoms with Gasteiger partial charge in [0.25, 0.3) is 0 Å². The average Bonchev–Trinajstić information content (AvgIpc) is 2.93. The fourth-order valence-electron chi connectivity index (χ4n) is 4.22. The summed E-state index contributed by atoms with van der Waals surface area (Å²) in [4.78, 5) is 20.9. The van der Waals surface area contributed by atoms with Crippen molar-refractivity contribution in [3.8, 4) is 0 Å². The Morgan fingerprint density at radius 3 is 0.850 bits per heavy atom. The van der Waals surface area contributed by atoms with E-state index in [1.54, 1.807) is 0 Å². The third kappa shape index (κ3) is 35.4. The summed E-state index contributed by atoms with van der Waals surface area (Å²) in [6, 6.07) is 0. The first-order valence-corrected chi connectivity index (χ1v) is 16.0. The van der Waals surface area contributed by atoms with Gasteiger partial charge in [0.15, 0.2) is 0 Å². The summed E-state index contributed by atoms with van der Waals surface area (Å²) < 4.78 is 0. The highest BCUT2D eigenvalue weighted by atomic mass is 16.4. The second kappa shape index (κ2) is 32.6. The summed E-state index contributed by atoms with van der Waals surface area (Å²) in [5, 5.41) is 17.2. The number of carbonyl (C=O) groups is 2. The quantitative estimate of drug-likeness (QED) is 0.0712. The number of aliphatic carboxylic acids is 2. The molecule has 0 aromatic heterocycles. The zero-order valence-electron chi connectivity index (χ0n) is 25.2. The van der Waals surface area contributed by atoms with Gasteiger partial charge in [-0.15, -0.1) is 0 Å². The Morgan fingerprint density at radius 2 is 0.550 bits per heavy atom. The molecule has 0 spiro atoms. The van der Waals surface area contributed by atoms with Gasteiger partial charge < -0.3 is 10.2 Å². The standard InChI is InChI=1S/C36H58O4/c37-35(38)33-31-29-27-25-23-21-19-17-15-13-11-9-7-5-3-1-2-4-6-8-10-12-14-16-18-20-22-24-26-28-30-32-34-36(39)40/h5-8,11-14,17-20H,1-4,9-10,15-16,21-34H2,(H,37,38)(H,39,40). The van der Waals surface area contributed by atoms with Crippen molar-refractivity contribution in [2.75, 3.05) is 0 Å². The predicted molar refractivity (Wildman–Crippen MR) is 172 cm³/mol. The lowest BCUT2D eigenvalue weighted by atomic mass is 10.1. The molecule has 4 nitrogen and oxygen atoms in total. The van der Waals surface area contributed by atoms with Crippen LogP contribution in [0.15, 0.2) is 72.9 Å². The number of rotatable bonds is 29. The van der Waals surface area contributed by atoms with Crippen molar-refractivity contribution >= 4 is 11.9 Å². The van der Waals surface area contributed by atoms with E-state index in [9.17, 15) is 9.59 Å². The lowest BCUT2D eigenvalue weighted by molar-refractivity contribution is -0.138. The van der Waals surface area contributed by atoms with Gasteiger partial charge >= 0.3 is 11.9 Å². The first kappa shape index (κ1) is 37.4. The molecule has 0 amide bonds. The number of carboxylic acids is 2. The van der Waals surface area contributed by atoms with E-state index in [1.165, 1.54) is 38.5 Å². The zero-order valence-corrected chi connectivity index (χ0v) is 25.2. The van der Waals surface area contributed by atoms with Gasteiger partial charge in [-0.25, -0.2) is 0 Å². The van der Waals surface area contributed by atoms with E-state index >= 15 is 0 Å². The van der Waals surface area contributed by atoms with Crippen LogP contribution in [0.4, 0.5) is 0 Å². The molecule has 0 radical (unpaired) electrons. The summed E-state index contributed by atoms with van der Waals surface area (Å²) in [7, 11) is 0. The van der Waals surface area contributed by atoms with Gasteiger partial charge in [0.05, 0.1) is 0 Å². The topological polar surface area (TPSA) is 74.6 Å². The average molecular weight is 555 g/mol. The van der Waals surface area contributed by atoms with Crippen LogP contribution >= 0.6 is 0 Å². The highest BCUT2D eigenvalue weighted by Gasteiger charge is 1.96. The van der Waals surface area contributed by atoms with Crippen LogP contribution in [0.1, 0.15) is 141 Å². The molecule has 2 N–H and O–H groups in total. The molecule has 0 aliphatic carbocycles. The molecule has 0 saturated heterocycles. The monoisotopic (exact) mass is 554 g/mol. The lowest BCUT2D eigenvalue weighted by Crippen LogP contribution is -1.93. The first-order chi connectivity index (χ1) is 19.6. The molecule has 0 fully saturated rings. The van der Waals surface area contributed by atoms with Crippen LogP contribution in [0.2, 0.25) is 0 Å². The number of hydrogen-bond acceptors (Lipinski definition) is 2. The highest BCUT2D eigenvalue weighted by molar-refractivity contribution is 5.66. The third-order valence-electron chi connectivity index (χ3n) is 6.60. The van der Waals surface area contributed by atoms with E-state index in [2.05, 4.69) is 72.9 Å². The van der Waals surface area contributed by atoms with Gasteiger partial charge in [-0.05, 0) is 89.9 Å². The van der Waals surface area contributed by atoms with Crippen molar-refractivity contribution in [3.63, 3.8) is 0 Å². The molecule has 0 aliphatic heterocycles. The van der Waals surface area contributed by atoms with Crippen LogP contribution in [0, 0.1) is 0 Å². The van der Waals surface area contributed by atoms with E-state index in [0.29, 0.717) is 12.8 Å². The van der Waals surface area contributed by atoms with Crippen molar-refractivity contribution in [1.82, 2.24) is 0 Å². The number of allylic oxidation sites excluding steroid dienone is 12. The maximum Gasteiger partial charge on any atom is 0.303 e. The summed E-state index contributed by atoms with van der Waals surface area (Å²) in [5.41, 5.74) is 0. The predicted octanol–water partition coefficient (Wildman–Crippen LogP) is 11.1. The molecule has 0 rings (SSSR count). The number of unbranched alkanes of at least 4 members (excludes halogenated alkanes) is 13. The highest BCUT2D eigenvalue weighted by Crippen LogP contribution is 2.09. The Bertz CT molecular complexity index is 691. The van der Waals surface area contributed by atoms with Gasteiger partial charge in [-0.3, -0.25) is 9.59 Å². The Hall–Kier alpha value is -2.62. The molecule has 4 heteroatoms. The molecule has 0 aromatic rings. The summed E-state index contributed by atoms with van der Waals surface area (Å²) in [6.45, 7) is 0. The molecule has 0 atom stereocenters. The normalized spacial score (nSPS) is 12.5.